The largest absolute Gasteiger partial charge is 0.391 e. The van der Waals surface area contributed by atoms with Gasteiger partial charge in [-0.25, -0.2) is 0 Å². The summed E-state index contributed by atoms with van der Waals surface area (Å²) in [6.45, 7) is 1.85. The molecule has 1 fully saturated rings. The van der Waals surface area contributed by atoms with Crippen molar-refractivity contribution in [3.63, 3.8) is 0 Å². The van der Waals surface area contributed by atoms with Crippen LogP contribution in [0.15, 0.2) is 54.9 Å². The highest BCUT2D eigenvalue weighted by Crippen LogP contribution is 2.23. The average molecular weight is 268 g/mol. The summed E-state index contributed by atoms with van der Waals surface area (Å²) < 4.78 is 0. The molecule has 0 bridgehead atoms. The van der Waals surface area contributed by atoms with Gasteiger partial charge in [0.15, 0.2) is 0 Å². The number of likely N-dealkylation sites (tertiary alicyclic amines) is 1. The van der Waals surface area contributed by atoms with Gasteiger partial charge in [-0.3, -0.25) is 9.88 Å². The molecule has 0 spiro atoms. The molecule has 1 aromatic heterocycles. The molecule has 1 aliphatic heterocycles. The smallest absolute Gasteiger partial charge is 0.0710 e. The van der Waals surface area contributed by atoms with Crippen molar-refractivity contribution in [1.82, 2.24) is 9.88 Å². The van der Waals surface area contributed by atoms with Crippen molar-refractivity contribution < 1.29 is 5.11 Å². The lowest BCUT2D eigenvalue weighted by Gasteiger charge is -2.26. The van der Waals surface area contributed by atoms with E-state index in [9.17, 15) is 5.11 Å². The second-order valence-electron chi connectivity index (χ2n) is 5.44. The Kier molecular flexibility index (Phi) is 4.09. The van der Waals surface area contributed by atoms with Crippen molar-refractivity contribution >= 4 is 0 Å². The van der Waals surface area contributed by atoms with Gasteiger partial charge in [0.05, 0.1) is 6.10 Å². The zero-order valence-electron chi connectivity index (χ0n) is 11.5. The summed E-state index contributed by atoms with van der Waals surface area (Å²) in [5, 5.41) is 10.2. The lowest BCUT2D eigenvalue weighted by Crippen LogP contribution is -2.36. The quantitative estimate of drug-likeness (QED) is 0.924. The molecule has 0 saturated carbocycles. The van der Waals surface area contributed by atoms with Gasteiger partial charge in [-0.2, -0.15) is 0 Å². The monoisotopic (exact) mass is 268 g/mol. The molecule has 0 aliphatic carbocycles. The van der Waals surface area contributed by atoms with Gasteiger partial charge in [-0.1, -0.05) is 30.3 Å². The lowest BCUT2D eigenvalue weighted by atomic mass is 10.0. The van der Waals surface area contributed by atoms with E-state index < -0.39 is 0 Å². The number of aliphatic hydroxyl groups excluding tert-OH is 1. The molecule has 1 saturated heterocycles. The minimum atomic E-state index is -0.225. The van der Waals surface area contributed by atoms with Gasteiger partial charge in [0.25, 0.3) is 0 Å². The van der Waals surface area contributed by atoms with Crippen LogP contribution < -0.4 is 0 Å². The third-order valence-corrected chi connectivity index (χ3v) is 4.05. The average Bonchev–Trinajstić information content (AvgIpc) is 2.83. The summed E-state index contributed by atoms with van der Waals surface area (Å²) in [6.07, 6.45) is 5.20. The minimum Gasteiger partial charge on any atom is -0.391 e. The van der Waals surface area contributed by atoms with Gasteiger partial charge in [0.1, 0.15) is 0 Å². The lowest BCUT2D eigenvalue weighted by molar-refractivity contribution is 0.112. The van der Waals surface area contributed by atoms with Gasteiger partial charge in [0, 0.05) is 31.5 Å². The molecule has 2 atom stereocenters. The number of aliphatic hydroxyl groups is 1. The zero-order valence-corrected chi connectivity index (χ0v) is 11.5. The highest BCUT2D eigenvalue weighted by Gasteiger charge is 2.32. The van der Waals surface area contributed by atoms with E-state index in [1.165, 1.54) is 11.1 Å². The Morgan fingerprint density at radius 1 is 1.05 bits per heavy atom. The van der Waals surface area contributed by atoms with Gasteiger partial charge in [0.2, 0.25) is 0 Å². The molecule has 3 nitrogen and oxygen atoms in total. The van der Waals surface area contributed by atoms with Crippen LogP contribution >= 0.6 is 0 Å². The van der Waals surface area contributed by atoms with Crippen molar-refractivity contribution in [3.05, 3.63) is 66.0 Å². The maximum Gasteiger partial charge on any atom is 0.0710 e. The van der Waals surface area contributed by atoms with E-state index in [-0.39, 0.29) is 12.1 Å². The van der Waals surface area contributed by atoms with E-state index in [1.807, 2.05) is 30.6 Å². The summed E-state index contributed by atoms with van der Waals surface area (Å²) in [5.41, 5.74) is 2.55. The van der Waals surface area contributed by atoms with Gasteiger partial charge < -0.3 is 5.11 Å². The van der Waals surface area contributed by atoms with Crippen LogP contribution in [0.5, 0.6) is 0 Å². The number of rotatable bonds is 4. The maximum atomic E-state index is 10.2. The summed E-state index contributed by atoms with van der Waals surface area (Å²) >= 11 is 0. The van der Waals surface area contributed by atoms with E-state index in [1.54, 1.807) is 0 Å². The molecule has 3 heteroatoms. The van der Waals surface area contributed by atoms with E-state index in [0.29, 0.717) is 0 Å². The molecule has 0 unspecified atom stereocenters. The molecule has 1 aliphatic rings. The molecular formula is C17H20N2O. The molecule has 104 valence electrons. The van der Waals surface area contributed by atoms with E-state index in [2.05, 4.69) is 34.1 Å². The van der Waals surface area contributed by atoms with Crippen LogP contribution in [0.25, 0.3) is 0 Å². The first-order chi connectivity index (χ1) is 9.83. The molecule has 2 aromatic rings. The van der Waals surface area contributed by atoms with Crippen LogP contribution in [0.2, 0.25) is 0 Å². The number of hydrogen-bond donors (Lipinski definition) is 1. The van der Waals surface area contributed by atoms with E-state index in [4.69, 9.17) is 0 Å². The first-order valence-electron chi connectivity index (χ1n) is 7.18. The van der Waals surface area contributed by atoms with Crippen LogP contribution in [0.3, 0.4) is 0 Å². The summed E-state index contributed by atoms with van der Waals surface area (Å²) in [5.74, 6) is 0. The van der Waals surface area contributed by atoms with Gasteiger partial charge in [-0.05, 0) is 36.1 Å². The van der Waals surface area contributed by atoms with Crippen molar-refractivity contribution in [2.75, 3.05) is 6.54 Å². The molecule has 2 heterocycles. The molecular weight excluding hydrogens is 248 g/mol. The van der Waals surface area contributed by atoms with Gasteiger partial charge >= 0.3 is 0 Å². The van der Waals surface area contributed by atoms with Crippen molar-refractivity contribution in [2.45, 2.75) is 31.5 Å². The molecule has 20 heavy (non-hydrogen) atoms. The molecule has 1 N–H and O–H groups in total. The molecule has 3 rings (SSSR count). The van der Waals surface area contributed by atoms with E-state index in [0.717, 1.165) is 25.9 Å². The Morgan fingerprint density at radius 2 is 1.80 bits per heavy atom. The highest BCUT2D eigenvalue weighted by molar-refractivity contribution is 5.17. The third-order valence-electron chi connectivity index (χ3n) is 4.05. The van der Waals surface area contributed by atoms with Crippen LogP contribution in [0, 0.1) is 0 Å². The number of pyridine rings is 1. The van der Waals surface area contributed by atoms with E-state index >= 15 is 0 Å². The summed E-state index contributed by atoms with van der Waals surface area (Å²) in [7, 11) is 0. The third kappa shape index (κ3) is 3.06. The predicted octanol–water partition coefficient (Wildman–Crippen LogP) is 2.26. The van der Waals surface area contributed by atoms with Crippen LogP contribution in [-0.4, -0.2) is 33.7 Å². The zero-order chi connectivity index (χ0) is 13.8. The number of benzene rings is 1. The highest BCUT2D eigenvalue weighted by atomic mass is 16.3. The normalized spacial score (nSPS) is 23.1. The standard InChI is InChI=1S/C17H20N2O/c20-17-8-11-19(13-15-6-9-18-10-7-15)16(17)12-14-4-2-1-3-5-14/h1-7,9-10,16-17,20H,8,11-13H2/t16-,17+/m0/s1. The second-order valence-corrected chi connectivity index (χ2v) is 5.44. The topological polar surface area (TPSA) is 36.4 Å². The minimum absolute atomic E-state index is 0.213. The molecule has 1 aromatic carbocycles. The number of aromatic nitrogens is 1. The van der Waals surface area contributed by atoms with Crippen LogP contribution in [-0.2, 0) is 13.0 Å². The number of hydrogen-bond acceptors (Lipinski definition) is 3. The second kappa shape index (κ2) is 6.16. The van der Waals surface area contributed by atoms with Crippen molar-refractivity contribution in [2.24, 2.45) is 0 Å². The summed E-state index contributed by atoms with van der Waals surface area (Å²) in [4.78, 5) is 6.44. The summed E-state index contributed by atoms with van der Waals surface area (Å²) in [6, 6.07) is 14.7. The first kappa shape index (κ1) is 13.3. The fourth-order valence-corrected chi connectivity index (χ4v) is 2.94. The fourth-order valence-electron chi connectivity index (χ4n) is 2.94. The Balaban J connectivity index is 1.70. The van der Waals surface area contributed by atoms with Crippen LogP contribution in [0.4, 0.5) is 0 Å². The SMILES string of the molecule is O[C@@H]1CCN(Cc2ccncc2)[C@H]1Cc1ccccc1. The van der Waals surface area contributed by atoms with Gasteiger partial charge in [-0.15, -0.1) is 0 Å². The fraction of sp³-hybridized carbons (Fsp3) is 0.353. The first-order valence-corrected chi connectivity index (χ1v) is 7.18. The molecule has 0 radical (unpaired) electrons. The predicted molar refractivity (Wildman–Crippen MR) is 79.2 cm³/mol. The Bertz CT molecular complexity index is 529. The number of nitrogens with zero attached hydrogens (tertiary/aromatic N) is 2. The Hall–Kier alpha value is -1.71. The Labute approximate surface area is 119 Å². The van der Waals surface area contributed by atoms with Crippen molar-refractivity contribution in [1.29, 1.82) is 0 Å². The van der Waals surface area contributed by atoms with Crippen LogP contribution in [0.1, 0.15) is 17.5 Å². The molecule has 0 amide bonds. The maximum absolute atomic E-state index is 10.2. The van der Waals surface area contributed by atoms with Crippen molar-refractivity contribution in [3.8, 4) is 0 Å². The Morgan fingerprint density at radius 3 is 2.55 bits per heavy atom.